The molecule has 106 valence electrons. The summed E-state index contributed by atoms with van der Waals surface area (Å²) in [4.78, 5) is 14.0. The van der Waals surface area contributed by atoms with E-state index in [0.29, 0.717) is 4.88 Å². The Bertz CT molecular complexity index is 705. The molecule has 3 rings (SSSR count). The summed E-state index contributed by atoms with van der Waals surface area (Å²) in [6.07, 6.45) is 0. The number of thiophene rings is 2. The summed E-state index contributed by atoms with van der Waals surface area (Å²) in [5, 5.41) is 6.85. The topological polar surface area (TPSA) is 29.1 Å². The van der Waals surface area contributed by atoms with Crippen LogP contribution < -0.4 is 5.32 Å². The predicted molar refractivity (Wildman–Crippen MR) is 84.3 cm³/mol. The van der Waals surface area contributed by atoms with Crippen molar-refractivity contribution < 1.29 is 9.18 Å². The zero-order chi connectivity index (χ0) is 14.7. The fourth-order valence-electron chi connectivity index (χ4n) is 2.04. The van der Waals surface area contributed by atoms with Gasteiger partial charge in [-0.15, -0.1) is 22.7 Å². The zero-order valence-corrected chi connectivity index (χ0v) is 12.6. The van der Waals surface area contributed by atoms with Crippen molar-refractivity contribution in [3.8, 4) is 0 Å². The number of halogens is 1. The van der Waals surface area contributed by atoms with Gasteiger partial charge in [0.2, 0.25) is 0 Å². The number of rotatable bonds is 4. The second-order valence-corrected chi connectivity index (χ2v) is 6.38. The highest BCUT2D eigenvalue weighted by atomic mass is 32.1. The molecule has 1 N–H and O–H groups in total. The van der Waals surface area contributed by atoms with E-state index in [4.69, 9.17) is 0 Å². The Morgan fingerprint density at radius 3 is 2.33 bits per heavy atom. The number of nitrogens with one attached hydrogen (secondary N) is 1. The largest absolute Gasteiger partial charge is 0.340 e. The highest BCUT2D eigenvalue weighted by Crippen LogP contribution is 2.27. The van der Waals surface area contributed by atoms with Crippen molar-refractivity contribution >= 4 is 28.6 Å². The lowest BCUT2D eigenvalue weighted by atomic mass is 10.1. The molecule has 21 heavy (non-hydrogen) atoms. The fourth-order valence-corrected chi connectivity index (χ4v) is 3.47. The Morgan fingerprint density at radius 1 is 1.00 bits per heavy atom. The fraction of sp³-hybridized carbons (Fsp3) is 0.0625. The minimum Gasteiger partial charge on any atom is -0.340 e. The Balaban J connectivity index is 1.90. The summed E-state index contributed by atoms with van der Waals surface area (Å²) in [6.45, 7) is 0. The SMILES string of the molecule is O=C(NC(c1ccc(F)cc1)c1cccs1)c1cccs1. The van der Waals surface area contributed by atoms with Crippen LogP contribution in [0.25, 0.3) is 0 Å². The molecule has 5 heteroatoms. The Kier molecular flexibility index (Phi) is 4.13. The maximum absolute atomic E-state index is 13.1. The molecule has 0 spiro atoms. The normalized spacial score (nSPS) is 12.0. The lowest BCUT2D eigenvalue weighted by Crippen LogP contribution is -2.28. The monoisotopic (exact) mass is 317 g/mol. The molecular formula is C16H12FNOS2. The van der Waals surface area contributed by atoms with E-state index in [1.54, 1.807) is 29.5 Å². The molecular weight excluding hydrogens is 305 g/mol. The summed E-state index contributed by atoms with van der Waals surface area (Å²) in [5.74, 6) is -0.402. The van der Waals surface area contributed by atoms with Crippen LogP contribution >= 0.6 is 22.7 Å². The van der Waals surface area contributed by atoms with Gasteiger partial charge in [0.05, 0.1) is 10.9 Å². The van der Waals surface area contributed by atoms with Gasteiger partial charge in [0, 0.05) is 4.88 Å². The van der Waals surface area contributed by atoms with Crippen LogP contribution in [0.2, 0.25) is 0 Å². The van der Waals surface area contributed by atoms with Gasteiger partial charge in [-0.1, -0.05) is 24.3 Å². The third kappa shape index (κ3) is 3.20. The molecule has 0 aliphatic heterocycles. The van der Waals surface area contributed by atoms with Crippen LogP contribution in [-0.2, 0) is 0 Å². The van der Waals surface area contributed by atoms with E-state index in [1.807, 2.05) is 29.0 Å². The number of carbonyl (C=O) groups is 1. The molecule has 2 heterocycles. The van der Waals surface area contributed by atoms with E-state index >= 15 is 0 Å². The molecule has 2 aromatic heterocycles. The van der Waals surface area contributed by atoms with Crippen LogP contribution in [0.5, 0.6) is 0 Å². The van der Waals surface area contributed by atoms with Gasteiger partial charge in [0.1, 0.15) is 5.82 Å². The first-order valence-corrected chi connectivity index (χ1v) is 8.13. The minimum atomic E-state index is -0.284. The van der Waals surface area contributed by atoms with Crippen LogP contribution in [-0.4, -0.2) is 5.91 Å². The summed E-state index contributed by atoms with van der Waals surface area (Å²) in [6, 6.07) is 13.5. The molecule has 0 radical (unpaired) electrons. The van der Waals surface area contributed by atoms with Crippen LogP contribution in [0.4, 0.5) is 4.39 Å². The maximum atomic E-state index is 13.1. The van der Waals surface area contributed by atoms with Gasteiger partial charge in [0.15, 0.2) is 0 Å². The first-order chi connectivity index (χ1) is 10.2. The molecule has 0 bridgehead atoms. The Morgan fingerprint density at radius 2 is 1.71 bits per heavy atom. The van der Waals surface area contributed by atoms with Gasteiger partial charge < -0.3 is 5.32 Å². The molecule has 1 unspecified atom stereocenters. The van der Waals surface area contributed by atoms with Crippen molar-refractivity contribution in [1.82, 2.24) is 5.32 Å². The van der Waals surface area contributed by atoms with E-state index in [-0.39, 0.29) is 17.8 Å². The van der Waals surface area contributed by atoms with Crippen molar-refractivity contribution in [3.05, 3.63) is 80.4 Å². The lowest BCUT2D eigenvalue weighted by Gasteiger charge is -2.17. The van der Waals surface area contributed by atoms with E-state index in [9.17, 15) is 9.18 Å². The van der Waals surface area contributed by atoms with Gasteiger partial charge in [-0.25, -0.2) is 4.39 Å². The van der Waals surface area contributed by atoms with Gasteiger partial charge in [0.25, 0.3) is 5.91 Å². The first kappa shape index (κ1) is 14.0. The summed E-state index contributed by atoms with van der Waals surface area (Å²) in [7, 11) is 0. The average molecular weight is 317 g/mol. The Labute approximate surface area is 129 Å². The van der Waals surface area contributed by atoms with Gasteiger partial charge >= 0.3 is 0 Å². The predicted octanol–water partition coefficient (Wildman–Crippen LogP) is 4.47. The van der Waals surface area contributed by atoms with Gasteiger partial charge in [-0.05, 0) is 40.6 Å². The van der Waals surface area contributed by atoms with Crippen LogP contribution in [0.15, 0.2) is 59.3 Å². The second-order valence-electron chi connectivity index (χ2n) is 4.45. The van der Waals surface area contributed by atoms with E-state index < -0.39 is 0 Å². The smallest absolute Gasteiger partial charge is 0.262 e. The highest BCUT2D eigenvalue weighted by Gasteiger charge is 2.19. The summed E-state index contributed by atoms with van der Waals surface area (Å²) < 4.78 is 13.1. The molecule has 1 amide bonds. The third-order valence-electron chi connectivity index (χ3n) is 3.05. The molecule has 2 nitrogen and oxygen atoms in total. The van der Waals surface area contributed by atoms with E-state index in [0.717, 1.165) is 10.4 Å². The molecule has 0 aliphatic carbocycles. The van der Waals surface area contributed by atoms with Crippen molar-refractivity contribution in [3.63, 3.8) is 0 Å². The summed E-state index contributed by atoms with van der Waals surface area (Å²) >= 11 is 2.96. The van der Waals surface area contributed by atoms with Crippen LogP contribution in [0.3, 0.4) is 0 Å². The average Bonchev–Trinajstić information content (AvgIpc) is 3.19. The number of hydrogen-bond acceptors (Lipinski definition) is 3. The van der Waals surface area contributed by atoms with Gasteiger partial charge in [-0.3, -0.25) is 4.79 Å². The number of amides is 1. The molecule has 0 saturated carbocycles. The minimum absolute atomic E-state index is 0.118. The molecule has 1 aromatic carbocycles. The number of benzene rings is 1. The quantitative estimate of drug-likeness (QED) is 0.756. The molecule has 0 aliphatic rings. The molecule has 0 saturated heterocycles. The first-order valence-electron chi connectivity index (χ1n) is 6.37. The van der Waals surface area contributed by atoms with Gasteiger partial charge in [-0.2, -0.15) is 0 Å². The van der Waals surface area contributed by atoms with Crippen molar-refractivity contribution in [2.24, 2.45) is 0 Å². The number of hydrogen-bond donors (Lipinski definition) is 1. The molecule has 0 fully saturated rings. The van der Waals surface area contributed by atoms with E-state index in [2.05, 4.69) is 5.32 Å². The Hall–Kier alpha value is -1.98. The van der Waals surface area contributed by atoms with Crippen molar-refractivity contribution in [2.45, 2.75) is 6.04 Å². The third-order valence-corrected chi connectivity index (χ3v) is 4.86. The van der Waals surface area contributed by atoms with E-state index in [1.165, 1.54) is 23.5 Å². The van der Waals surface area contributed by atoms with Crippen LogP contribution in [0.1, 0.15) is 26.2 Å². The molecule has 3 aromatic rings. The number of carbonyl (C=O) groups excluding carboxylic acids is 1. The van der Waals surface area contributed by atoms with Crippen molar-refractivity contribution in [1.29, 1.82) is 0 Å². The maximum Gasteiger partial charge on any atom is 0.262 e. The standard InChI is InChI=1S/C16H12FNOS2/c17-12-7-5-11(6-8-12)15(13-3-1-9-20-13)18-16(19)14-4-2-10-21-14/h1-10,15H,(H,18,19). The highest BCUT2D eigenvalue weighted by molar-refractivity contribution is 7.12. The van der Waals surface area contributed by atoms with Crippen LogP contribution in [0, 0.1) is 5.82 Å². The molecule has 1 atom stereocenters. The zero-order valence-electron chi connectivity index (χ0n) is 11.0. The van der Waals surface area contributed by atoms with Crippen molar-refractivity contribution in [2.75, 3.05) is 0 Å². The summed E-state index contributed by atoms with van der Waals surface area (Å²) in [5.41, 5.74) is 0.865. The second kappa shape index (κ2) is 6.20. The lowest BCUT2D eigenvalue weighted by molar-refractivity contribution is 0.0947.